The topological polar surface area (TPSA) is 39.1 Å². The number of rotatable bonds is 4. The van der Waals surface area contributed by atoms with Gasteiger partial charge in [-0.15, -0.1) is 0 Å². The summed E-state index contributed by atoms with van der Waals surface area (Å²) in [5, 5.41) is 3.10. The standard InChI is InChI=1S/C12H14FN3O/c1-16-6-5-14-12(16)8-15-9-3-4-11(17-2)10(13)7-9/h3-7,15H,8H2,1-2H3. The number of halogens is 1. The zero-order valence-electron chi connectivity index (χ0n) is 9.77. The first-order chi connectivity index (χ1) is 8.20. The summed E-state index contributed by atoms with van der Waals surface area (Å²) in [4.78, 5) is 4.17. The lowest BCUT2D eigenvalue weighted by molar-refractivity contribution is 0.386. The van der Waals surface area contributed by atoms with E-state index in [9.17, 15) is 4.39 Å². The summed E-state index contributed by atoms with van der Waals surface area (Å²) in [5.74, 6) is 0.756. The maximum absolute atomic E-state index is 13.4. The van der Waals surface area contributed by atoms with Crippen LogP contribution in [0.25, 0.3) is 0 Å². The minimum Gasteiger partial charge on any atom is -0.494 e. The first kappa shape index (κ1) is 11.4. The van der Waals surface area contributed by atoms with Gasteiger partial charge in [-0.05, 0) is 12.1 Å². The largest absolute Gasteiger partial charge is 0.494 e. The van der Waals surface area contributed by atoms with Crippen LogP contribution in [0.4, 0.5) is 10.1 Å². The SMILES string of the molecule is COc1ccc(NCc2nccn2C)cc1F. The molecule has 90 valence electrons. The molecule has 0 radical (unpaired) electrons. The van der Waals surface area contributed by atoms with Gasteiger partial charge in [-0.25, -0.2) is 9.37 Å². The lowest BCUT2D eigenvalue weighted by Gasteiger charge is -2.08. The van der Waals surface area contributed by atoms with Gasteiger partial charge in [0.05, 0.1) is 13.7 Å². The van der Waals surface area contributed by atoms with Crippen molar-refractivity contribution in [1.82, 2.24) is 9.55 Å². The number of aryl methyl sites for hydroxylation is 1. The molecule has 1 N–H and O–H groups in total. The molecule has 2 rings (SSSR count). The zero-order valence-corrected chi connectivity index (χ0v) is 9.77. The van der Waals surface area contributed by atoms with Crippen LogP contribution in [-0.4, -0.2) is 16.7 Å². The molecule has 0 saturated heterocycles. The molecule has 0 aliphatic rings. The van der Waals surface area contributed by atoms with E-state index in [1.165, 1.54) is 13.2 Å². The summed E-state index contributed by atoms with van der Waals surface area (Å²) in [6.07, 6.45) is 3.59. The summed E-state index contributed by atoms with van der Waals surface area (Å²) < 4.78 is 20.2. The number of hydrogen-bond donors (Lipinski definition) is 1. The molecule has 2 aromatic rings. The molecule has 1 heterocycles. The highest BCUT2D eigenvalue weighted by Gasteiger charge is 2.04. The monoisotopic (exact) mass is 235 g/mol. The van der Waals surface area contributed by atoms with Gasteiger partial charge in [0, 0.05) is 31.2 Å². The van der Waals surface area contributed by atoms with Gasteiger partial charge < -0.3 is 14.6 Å². The second kappa shape index (κ2) is 4.86. The van der Waals surface area contributed by atoms with Gasteiger partial charge >= 0.3 is 0 Å². The van der Waals surface area contributed by atoms with Crippen LogP contribution in [0.1, 0.15) is 5.82 Å². The van der Waals surface area contributed by atoms with Crippen molar-refractivity contribution in [1.29, 1.82) is 0 Å². The van der Waals surface area contributed by atoms with Gasteiger partial charge in [0.1, 0.15) is 5.82 Å². The molecule has 0 atom stereocenters. The third-order valence-corrected chi connectivity index (χ3v) is 2.52. The Balaban J connectivity index is 2.05. The highest BCUT2D eigenvalue weighted by Crippen LogP contribution is 2.20. The van der Waals surface area contributed by atoms with E-state index >= 15 is 0 Å². The third-order valence-electron chi connectivity index (χ3n) is 2.52. The van der Waals surface area contributed by atoms with Crippen molar-refractivity contribution in [3.63, 3.8) is 0 Å². The number of anilines is 1. The Kier molecular flexibility index (Phi) is 3.27. The second-order valence-electron chi connectivity index (χ2n) is 3.66. The predicted molar refractivity (Wildman–Crippen MR) is 63.5 cm³/mol. The van der Waals surface area contributed by atoms with Crippen molar-refractivity contribution in [2.24, 2.45) is 7.05 Å². The molecule has 1 aromatic heterocycles. The molecular formula is C12H14FN3O. The first-order valence-electron chi connectivity index (χ1n) is 5.24. The number of ether oxygens (including phenoxy) is 1. The first-order valence-corrected chi connectivity index (χ1v) is 5.24. The van der Waals surface area contributed by atoms with Crippen molar-refractivity contribution in [2.75, 3.05) is 12.4 Å². The van der Waals surface area contributed by atoms with Crippen molar-refractivity contribution in [2.45, 2.75) is 6.54 Å². The maximum Gasteiger partial charge on any atom is 0.167 e. The molecule has 0 aliphatic carbocycles. The Labute approximate surface area is 99.1 Å². The van der Waals surface area contributed by atoms with Crippen LogP contribution in [0.5, 0.6) is 5.75 Å². The van der Waals surface area contributed by atoms with Gasteiger partial charge in [-0.3, -0.25) is 0 Å². The maximum atomic E-state index is 13.4. The Morgan fingerprint density at radius 1 is 1.47 bits per heavy atom. The molecule has 1 aromatic carbocycles. The number of aromatic nitrogens is 2. The molecule has 0 fully saturated rings. The molecule has 0 aliphatic heterocycles. The van der Waals surface area contributed by atoms with Crippen LogP contribution in [0.3, 0.4) is 0 Å². The lowest BCUT2D eigenvalue weighted by atomic mass is 10.3. The average Bonchev–Trinajstić information content (AvgIpc) is 2.72. The summed E-state index contributed by atoms with van der Waals surface area (Å²) in [6.45, 7) is 0.551. The minimum atomic E-state index is -0.377. The number of methoxy groups -OCH3 is 1. The van der Waals surface area contributed by atoms with Gasteiger partial charge in [-0.2, -0.15) is 0 Å². The van der Waals surface area contributed by atoms with Crippen LogP contribution >= 0.6 is 0 Å². The van der Waals surface area contributed by atoms with E-state index < -0.39 is 0 Å². The Hall–Kier alpha value is -2.04. The Morgan fingerprint density at radius 2 is 2.29 bits per heavy atom. The Bertz CT molecular complexity index is 510. The van der Waals surface area contributed by atoms with E-state index in [-0.39, 0.29) is 11.6 Å². The second-order valence-corrected chi connectivity index (χ2v) is 3.66. The number of imidazole rings is 1. The molecule has 0 saturated carbocycles. The van der Waals surface area contributed by atoms with E-state index in [4.69, 9.17) is 4.74 Å². The summed E-state index contributed by atoms with van der Waals surface area (Å²) in [5.41, 5.74) is 0.700. The van der Waals surface area contributed by atoms with Gasteiger partial charge in [0.2, 0.25) is 0 Å². The molecular weight excluding hydrogens is 221 g/mol. The van der Waals surface area contributed by atoms with Crippen molar-refractivity contribution in [3.8, 4) is 5.75 Å². The quantitative estimate of drug-likeness (QED) is 0.882. The summed E-state index contributed by atoms with van der Waals surface area (Å²) in [6, 6.07) is 4.77. The van der Waals surface area contributed by atoms with E-state index in [1.54, 1.807) is 18.3 Å². The third kappa shape index (κ3) is 2.55. The van der Waals surface area contributed by atoms with Crippen LogP contribution in [0, 0.1) is 5.82 Å². The van der Waals surface area contributed by atoms with Crippen LogP contribution in [0.2, 0.25) is 0 Å². The van der Waals surface area contributed by atoms with Gasteiger partial charge in [-0.1, -0.05) is 0 Å². The highest BCUT2D eigenvalue weighted by atomic mass is 19.1. The van der Waals surface area contributed by atoms with Crippen LogP contribution in [-0.2, 0) is 13.6 Å². The molecule has 0 spiro atoms. The van der Waals surface area contributed by atoms with E-state index in [0.29, 0.717) is 12.2 Å². The highest BCUT2D eigenvalue weighted by molar-refractivity contribution is 5.47. The lowest BCUT2D eigenvalue weighted by Crippen LogP contribution is -2.05. The number of benzene rings is 1. The van der Waals surface area contributed by atoms with Crippen LogP contribution < -0.4 is 10.1 Å². The summed E-state index contributed by atoms with van der Waals surface area (Å²) in [7, 11) is 3.36. The van der Waals surface area contributed by atoms with E-state index in [0.717, 1.165) is 5.82 Å². The fraction of sp³-hybridized carbons (Fsp3) is 0.250. The summed E-state index contributed by atoms with van der Waals surface area (Å²) >= 11 is 0. The van der Waals surface area contributed by atoms with E-state index in [2.05, 4.69) is 10.3 Å². The molecule has 4 nitrogen and oxygen atoms in total. The Morgan fingerprint density at radius 3 is 2.88 bits per heavy atom. The van der Waals surface area contributed by atoms with Crippen molar-refractivity contribution >= 4 is 5.69 Å². The fourth-order valence-corrected chi connectivity index (χ4v) is 1.52. The van der Waals surface area contributed by atoms with Crippen molar-refractivity contribution < 1.29 is 9.13 Å². The van der Waals surface area contributed by atoms with Crippen LogP contribution in [0.15, 0.2) is 30.6 Å². The average molecular weight is 235 g/mol. The minimum absolute atomic E-state index is 0.243. The molecule has 0 unspecified atom stereocenters. The number of nitrogens with one attached hydrogen (secondary N) is 1. The predicted octanol–water partition coefficient (Wildman–Crippen LogP) is 2.18. The fourth-order valence-electron chi connectivity index (χ4n) is 1.52. The molecule has 0 bridgehead atoms. The van der Waals surface area contributed by atoms with Crippen molar-refractivity contribution in [3.05, 3.63) is 42.2 Å². The molecule has 17 heavy (non-hydrogen) atoms. The number of nitrogens with zero attached hydrogens (tertiary/aromatic N) is 2. The van der Waals surface area contributed by atoms with E-state index in [1.807, 2.05) is 17.8 Å². The smallest absolute Gasteiger partial charge is 0.167 e. The normalized spacial score (nSPS) is 10.3. The number of hydrogen-bond acceptors (Lipinski definition) is 3. The van der Waals surface area contributed by atoms with Gasteiger partial charge in [0.25, 0.3) is 0 Å². The zero-order chi connectivity index (χ0) is 12.3. The molecule has 0 amide bonds. The molecule has 5 heteroatoms. The van der Waals surface area contributed by atoms with Gasteiger partial charge in [0.15, 0.2) is 11.6 Å².